The van der Waals surface area contributed by atoms with Gasteiger partial charge in [0.1, 0.15) is 0 Å². The highest BCUT2D eigenvalue weighted by Crippen LogP contribution is 2.68. The SMILES string of the molecule is CC1=CC2(c3ccc4c(c3-c3cc(C(C)(C)C)c5ccccc5c32)C(C)(C)C2=C4C(C)(C)c3ccccc32)C(C(C)C)C(C)=C1. The maximum Gasteiger partial charge on any atom is 0.0473 e. The van der Waals surface area contributed by atoms with Gasteiger partial charge in [0.2, 0.25) is 0 Å². The smallest absolute Gasteiger partial charge is 0.0473 e. The zero-order valence-corrected chi connectivity index (χ0v) is 29.2. The van der Waals surface area contributed by atoms with Gasteiger partial charge < -0.3 is 0 Å². The molecule has 0 amide bonds. The highest BCUT2D eigenvalue weighted by molar-refractivity contribution is 6.13. The number of hydrogen-bond acceptors (Lipinski definition) is 0. The van der Waals surface area contributed by atoms with Gasteiger partial charge in [-0.25, -0.2) is 0 Å². The minimum Gasteiger partial charge on any atom is -0.0682 e. The van der Waals surface area contributed by atoms with Crippen molar-refractivity contribution in [1.82, 2.24) is 0 Å². The predicted octanol–water partition coefficient (Wildman–Crippen LogP) is 12.1. The summed E-state index contributed by atoms with van der Waals surface area (Å²) in [7, 11) is 0. The van der Waals surface area contributed by atoms with Crippen LogP contribution >= 0.6 is 0 Å². The second-order valence-corrected chi connectivity index (χ2v) is 17.0. The molecule has 0 nitrogen and oxygen atoms in total. The fraction of sp³-hybridized carbons (Fsp3) is 0.378. The van der Waals surface area contributed by atoms with Crippen LogP contribution in [0.2, 0.25) is 0 Å². The molecule has 2 atom stereocenters. The van der Waals surface area contributed by atoms with E-state index in [4.69, 9.17) is 0 Å². The van der Waals surface area contributed by atoms with Gasteiger partial charge in [0, 0.05) is 16.2 Å². The molecule has 0 saturated heterocycles. The van der Waals surface area contributed by atoms with E-state index in [2.05, 4.69) is 155 Å². The molecule has 4 aromatic rings. The highest BCUT2D eigenvalue weighted by atomic mass is 14.6. The Bertz CT molecular complexity index is 2080. The van der Waals surface area contributed by atoms with Crippen molar-refractivity contribution in [3.63, 3.8) is 0 Å². The molecule has 0 saturated carbocycles. The lowest BCUT2D eigenvalue weighted by atomic mass is 9.58. The molecular formula is C45H48. The first-order valence-electron chi connectivity index (χ1n) is 17.1. The van der Waals surface area contributed by atoms with Crippen molar-refractivity contribution in [3.05, 3.63) is 129 Å². The third-order valence-corrected chi connectivity index (χ3v) is 12.0. The molecule has 0 N–H and O–H groups in total. The highest BCUT2D eigenvalue weighted by Gasteiger charge is 2.56. The van der Waals surface area contributed by atoms with Crippen LogP contribution in [0.3, 0.4) is 0 Å². The van der Waals surface area contributed by atoms with Gasteiger partial charge in [-0.3, -0.25) is 0 Å². The maximum absolute atomic E-state index is 2.66. The molecule has 0 heterocycles. The molecule has 4 aromatic carbocycles. The molecule has 1 spiro atoms. The Balaban J connectivity index is 1.57. The van der Waals surface area contributed by atoms with E-state index >= 15 is 0 Å². The van der Waals surface area contributed by atoms with Crippen LogP contribution in [0.5, 0.6) is 0 Å². The van der Waals surface area contributed by atoms with Crippen molar-refractivity contribution < 1.29 is 0 Å². The summed E-state index contributed by atoms with van der Waals surface area (Å²) < 4.78 is 0. The molecule has 0 aromatic heterocycles. The van der Waals surface area contributed by atoms with Gasteiger partial charge in [-0.15, -0.1) is 0 Å². The summed E-state index contributed by atoms with van der Waals surface area (Å²) in [6.07, 6.45) is 5.11. The normalized spacial score (nSPS) is 23.6. The molecule has 0 heteroatoms. The molecule has 4 aliphatic carbocycles. The van der Waals surface area contributed by atoms with Gasteiger partial charge in [0.05, 0.1) is 0 Å². The van der Waals surface area contributed by atoms with Crippen molar-refractivity contribution in [2.45, 2.75) is 97.8 Å². The van der Waals surface area contributed by atoms with Crippen molar-refractivity contribution in [3.8, 4) is 11.1 Å². The topological polar surface area (TPSA) is 0 Å². The summed E-state index contributed by atoms with van der Waals surface area (Å²) in [6.45, 7) is 26.7. The number of hydrogen-bond donors (Lipinski definition) is 0. The average molecular weight is 589 g/mol. The largest absolute Gasteiger partial charge is 0.0682 e. The zero-order valence-electron chi connectivity index (χ0n) is 29.2. The molecule has 8 rings (SSSR count). The van der Waals surface area contributed by atoms with E-state index in [0.29, 0.717) is 11.8 Å². The van der Waals surface area contributed by atoms with E-state index in [1.165, 1.54) is 77.6 Å². The Labute approximate surface area is 271 Å². The van der Waals surface area contributed by atoms with Crippen LogP contribution in [0.25, 0.3) is 33.0 Å². The molecule has 0 bridgehead atoms. The lowest BCUT2D eigenvalue weighted by Gasteiger charge is -2.44. The number of allylic oxidation sites excluding steroid dienone is 6. The van der Waals surface area contributed by atoms with E-state index in [0.717, 1.165) is 0 Å². The summed E-state index contributed by atoms with van der Waals surface area (Å²) in [5.74, 6) is 0.866. The number of fused-ring (bicyclic) bond motifs is 12. The second-order valence-electron chi connectivity index (χ2n) is 17.0. The van der Waals surface area contributed by atoms with E-state index < -0.39 is 0 Å². The van der Waals surface area contributed by atoms with Crippen molar-refractivity contribution in [1.29, 1.82) is 0 Å². The molecule has 0 fully saturated rings. The zero-order chi connectivity index (χ0) is 32.0. The standard InChI is InChI=1S/C45H48/c1-25(2)37-27(4)22-26(3)24-45(37)34-21-20-31-39(44(10,11)40-30-18-14-15-19-33(30)43(8,9)41(31)40)36(34)32-23-35(42(5,6)7)28-16-12-13-17-29(28)38(32)45/h12-25,37H,1-11H3. The number of rotatable bonds is 1. The van der Waals surface area contributed by atoms with Gasteiger partial charge in [-0.2, -0.15) is 0 Å². The van der Waals surface area contributed by atoms with Crippen molar-refractivity contribution in [2.75, 3.05) is 0 Å². The van der Waals surface area contributed by atoms with E-state index in [9.17, 15) is 0 Å². The van der Waals surface area contributed by atoms with Crippen LogP contribution in [0.15, 0.2) is 90.0 Å². The Hall–Kier alpha value is -3.64. The molecule has 228 valence electrons. The molecule has 0 radical (unpaired) electrons. The predicted molar refractivity (Wildman–Crippen MR) is 194 cm³/mol. The first-order valence-corrected chi connectivity index (χ1v) is 17.1. The monoisotopic (exact) mass is 588 g/mol. The first kappa shape index (κ1) is 28.8. The van der Waals surface area contributed by atoms with Gasteiger partial charge in [-0.1, -0.05) is 146 Å². The van der Waals surface area contributed by atoms with E-state index in [-0.39, 0.29) is 21.7 Å². The van der Waals surface area contributed by atoms with Gasteiger partial charge in [0.25, 0.3) is 0 Å². The summed E-state index contributed by atoms with van der Waals surface area (Å²) in [5.41, 5.74) is 19.0. The quantitative estimate of drug-likeness (QED) is 0.207. The Morgan fingerprint density at radius 2 is 1.31 bits per heavy atom. The minimum atomic E-state index is -0.219. The second kappa shape index (κ2) is 8.79. The molecule has 45 heavy (non-hydrogen) atoms. The summed E-state index contributed by atoms with van der Waals surface area (Å²) in [6, 6.07) is 26.2. The Morgan fingerprint density at radius 1 is 0.667 bits per heavy atom. The van der Waals surface area contributed by atoms with Crippen LogP contribution < -0.4 is 0 Å². The summed E-state index contributed by atoms with van der Waals surface area (Å²) in [5, 5.41) is 2.83. The van der Waals surface area contributed by atoms with E-state index in [1.807, 2.05) is 0 Å². The van der Waals surface area contributed by atoms with Crippen LogP contribution in [-0.4, -0.2) is 0 Å². The maximum atomic E-state index is 2.66. The summed E-state index contributed by atoms with van der Waals surface area (Å²) in [4.78, 5) is 0. The van der Waals surface area contributed by atoms with Gasteiger partial charge in [-0.05, 0) is 109 Å². The van der Waals surface area contributed by atoms with Crippen molar-refractivity contribution >= 4 is 21.9 Å². The number of benzene rings is 4. The minimum absolute atomic E-state index is 0.0184. The lowest BCUT2D eigenvalue weighted by molar-refractivity contribution is 0.336. The average Bonchev–Trinajstić information content (AvgIpc) is 3.47. The van der Waals surface area contributed by atoms with Gasteiger partial charge >= 0.3 is 0 Å². The van der Waals surface area contributed by atoms with Crippen LogP contribution in [0, 0.1) is 11.8 Å². The third-order valence-electron chi connectivity index (χ3n) is 12.0. The molecular weight excluding hydrogens is 540 g/mol. The van der Waals surface area contributed by atoms with Crippen molar-refractivity contribution in [2.24, 2.45) is 11.8 Å². The molecule has 4 aliphatic rings. The van der Waals surface area contributed by atoms with Crippen LogP contribution in [-0.2, 0) is 21.7 Å². The van der Waals surface area contributed by atoms with Gasteiger partial charge in [0.15, 0.2) is 0 Å². The van der Waals surface area contributed by atoms with Crippen LogP contribution in [0.4, 0.5) is 0 Å². The summed E-state index contributed by atoms with van der Waals surface area (Å²) >= 11 is 0. The molecule has 2 unspecified atom stereocenters. The fourth-order valence-corrected chi connectivity index (χ4v) is 10.8. The fourth-order valence-electron chi connectivity index (χ4n) is 10.8. The first-order chi connectivity index (χ1) is 21.1. The lowest BCUT2D eigenvalue weighted by Crippen LogP contribution is -2.39. The molecule has 0 aliphatic heterocycles. The van der Waals surface area contributed by atoms with Crippen LogP contribution in [0.1, 0.15) is 115 Å². The Kier molecular flexibility index (Phi) is 5.62. The van der Waals surface area contributed by atoms with E-state index in [1.54, 1.807) is 5.56 Å². The Morgan fingerprint density at radius 3 is 2.00 bits per heavy atom. The third kappa shape index (κ3) is 3.39.